The summed E-state index contributed by atoms with van der Waals surface area (Å²) in [6.07, 6.45) is 9.79. The Hall–Kier alpha value is -3.15. The van der Waals surface area contributed by atoms with Crippen LogP contribution in [-0.2, 0) is 6.54 Å². The van der Waals surface area contributed by atoms with Crippen LogP contribution in [0.1, 0.15) is 37.7 Å². The van der Waals surface area contributed by atoms with Crippen LogP contribution in [0.3, 0.4) is 0 Å². The summed E-state index contributed by atoms with van der Waals surface area (Å²) in [5.41, 5.74) is 2.91. The van der Waals surface area contributed by atoms with E-state index >= 15 is 0 Å². The Bertz CT molecular complexity index is 926. The molecule has 2 aromatic heterocycles. The summed E-state index contributed by atoms with van der Waals surface area (Å²) in [6, 6.07) is 14.4. The molecule has 0 atom stereocenters. The fraction of sp³-hybridized carbons (Fsp3) is 0.348. The Morgan fingerprint density at radius 1 is 1.03 bits per heavy atom. The van der Waals surface area contributed by atoms with Gasteiger partial charge < -0.3 is 15.4 Å². The van der Waals surface area contributed by atoms with Crippen molar-refractivity contribution in [2.24, 2.45) is 0 Å². The lowest BCUT2D eigenvalue weighted by Gasteiger charge is -2.23. The molecule has 3 aromatic rings. The summed E-state index contributed by atoms with van der Waals surface area (Å²) >= 11 is 0. The minimum Gasteiger partial charge on any atom is -0.496 e. The van der Waals surface area contributed by atoms with Crippen molar-refractivity contribution in [2.75, 3.05) is 17.7 Å². The fourth-order valence-electron chi connectivity index (χ4n) is 3.73. The Labute approximate surface area is 171 Å². The number of pyridine rings is 1. The average Bonchev–Trinajstić information content (AvgIpc) is 2.79. The third-order valence-corrected chi connectivity index (χ3v) is 5.27. The maximum absolute atomic E-state index is 5.46. The molecule has 1 aliphatic rings. The highest BCUT2D eigenvalue weighted by atomic mass is 16.5. The maximum Gasteiger partial charge on any atom is 0.225 e. The zero-order chi connectivity index (χ0) is 19.9. The van der Waals surface area contributed by atoms with Crippen molar-refractivity contribution in [3.63, 3.8) is 0 Å². The molecule has 6 heteroatoms. The molecular formula is C23H27N5O. The van der Waals surface area contributed by atoms with Gasteiger partial charge in [0.25, 0.3) is 0 Å². The molecule has 0 radical (unpaired) electrons. The van der Waals surface area contributed by atoms with Gasteiger partial charge >= 0.3 is 0 Å². The number of para-hydroxylation sites is 1. The van der Waals surface area contributed by atoms with Crippen LogP contribution in [-0.4, -0.2) is 28.1 Å². The molecule has 0 amide bonds. The predicted molar refractivity (Wildman–Crippen MR) is 116 cm³/mol. The molecule has 29 heavy (non-hydrogen) atoms. The van der Waals surface area contributed by atoms with E-state index < -0.39 is 0 Å². The van der Waals surface area contributed by atoms with E-state index in [4.69, 9.17) is 14.7 Å². The molecule has 0 unspecified atom stereocenters. The number of benzene rings is 1. The zero-order valence-corrected chi connectivity index (χ0v) is 16.8. The molecule has 0 spiro atoms. The lowest BCUT2D eigenvalue weighted by atomic mass is 9.96. The van der Waals surface area contributed by atoms with Crippen molar-refractivity contribution in [3.05, 3.63) is 60.4 Å². The Balaban J connectivity index is 1.58. The van der Waals surface area contributed by atoms with Crippen LogP contribution in [0.2, 0.25) is 0 Å². The summed E-state index contributed by atoms with van der Waals surface area (Å²) in [4.78, 5) is 13.7. The van der Waals surface area contributed by atoms with Crippen molar-refractivity contribution in [1.82, 2.24) is 15.0 Å². The van der Waals surface area contributed by atoms with Crippen molar-refractivity contribution in [2.45, 2.75) is 44.7 Å². The van der Waals surface area contributed by atoms with Gasteiger partial charge in [-0.3, -0.25) is 4.98 Å². The second-order valence-corrected chi connectivity index (χ2v) is 7.35. The van der Waals surface area contributed by atoms with Gasteiger partial charge in [-0.15, -0.1) is 0 Å². The van der Waals surface area contributed by atoms with E-state index in [1.807, 2.05) is 42.6 Å². The largest absolute Gasteiger partial charge is 0.496 e. The van der Waals surface area contributed by atoms with Gasteiger partial charge in [-0.25, -0.2) is 4.98 Å². The minimum absolute atomic E-state index is 0.440. The molecule has 0 aliphatic heterocycles. The second-order valence-electron chi connectivity index (χ2n) is 7.35. The highest BCUT2D eigenvalue weighted by Crippen LogP contribution is 2.25. The van der Waals surface area contributed by atoms with E-state index in [2.05, 4.69) is 21.7 Å². The molecule has 0 saturated heterocycles. The summed E-state index contributed by atoms with van der Waals surface area (Å²) in [5.74, 6) is 2.31. The van der Waals surface area contributed by atoms with Gasteiger partial charge in [-0.2, -0.15) is 4.98 Å². The van der Waals surface area contributed by atoms with E-state index in [0.29, 0.717) is 18.5 Å². The van der Waals surface area contributed by atoms with Gasteiger partial charge in [0.05, 0.1) is 12.8 Å². The lowest BCUT2D eigenvalue weighted by molar-refractivity contribution is 0.410. The minimum atomic E-state index is 0.440. The number of hydrogen-bond donors (Lipinski definition) is 2. The van der Waals surface area contributed by atoms with E-state index in [1.54, 1.807) is 13.3 Å². The van der Waals surface area contributed by atoms with E-state index in [-0.39, 0.29) is 0 Å². The van der Waals surface area contributed by atoms with Crippen LogP contribution in [0.15, 0.2) is 54.9 Å². The highest BCUT2D eigenvalue weighted by molar-refractivity contribution is 5.63. The Kier molecular flexibility index (Phi) is 6.19. The number of nitrogens with one attached hydrogen (secondary N) is 2. The molecule has 1 aliphatic carbocycles. The topological polar surface area (TPSA) is 72.0 Å². The SMILES string of the molecule is COc1ccccc1CNc1cc(-c2cccnc2)nc(NC2CCCCC2)n1. The summed E-state index contributed by atoms with van der Waals surface area (Å²) in [6.45, 7) is 0.621. The van der Waals surface area contributed by atoms with Gasteiger partial charge in [0.2, 0.25) is 5.95 Å². The van der Waals surface area contributed by atoms with Crippen LogP contribution < -0.4 is 15.4 Å². The molecule has 2 heterocycles. The van der Waals surface area contributed by atoms with Gasteiger partial charge in [-0.1, -0.05) is 37.5 Å². The number of ether oxygens (including phenoxy) is 1. The first-order valence-corrected chi connectivity index (χ1v) is 10.2. The maximum atomic E-state index is 5.46. The summed E-state index contributed by atoms with van der Waals surface area (Å²) in [7, 11) is 1.69. The third-order valence-electron chi connectivity index (χ3n) is 5.27. The highest BCUT2D eigenvalue weighted by Gasteiger charge is 2.15. The first-order chi connectivity index (χ1) is 14.3. The number of methoxy groups -OCH3 is 1. The third kappa shape index (κ3) is 5.02. The van der Waals surface area contributed by atoms with E-state index in [0.717, 1.165) is 28.4 Å². The summed E-state index contributed by atoms with van der Waals surface area (Å²) < 4.78 is 5.46. The van der Waals surface area contributed by atoms with Crippen LogP contribution in [0.25, 0.3) is 11.3 Å². The van der Waals surface area contributed by atoms with Crippen LogP contribution in [0, 0.1) is 0 Å². The molecule has 2 N–H and O–H groups in total. The molecule has 150 valence electrons. The fourth-order valence-corrected chi connectivity index (χ4v) is 3.73. The monoisotopic (exact) mass is 389 g/mol. The van der Waals surface area contributed by atoms with Crippen molar-refractivity contribution in [3.8, 4) is 17.0 Å². The average molecular weight is 390 g/mol. The van der Waals surface area contributed by atoms with E-state index in [9.17, 15) is 0 Å². The molecule has 6 nitrogen and oxygen atoms in total. The molecule has 1 fully saturated rings. The molecular weight excluding hydrogens is 362 g/mol. The van der Waals surface area contributed by atoms with Crippen molar-refractivity contribution in [1.29, 1.82) is 0 Å². The number of hydrogen-bond acceptors (Lipinski definition) is 6. The van der Waals surface area contributed by atoms with Crippen molar-refractivity contribution < 1.29 is 4.74 Å². The van der Waals surface area contributed by atoms with Gasteiger partial charge in [0.1, 0.15) is 11.6 Å². The smallest absolute Gasteiger partial charge is 0.225 e. The van der Waals surface area contributed by atoms with Crippen molar-refractivity contribution >= 4 is 11.8 Å². The molecule has 1 saturated carbocycles. The van der Waals surface area contributed by atoms with Crippen LogP contribution >= 0.6 is 0 Å². The van der Waals surface area contributed by atoms with Gasteiger partial charge in [0.15, 0.2) is 0 Å². The molecule has 0 bridgehead atoms. The van der Waals surface area contributed by atoms with Gasteiger partial charge in [-0.05, 0) is 31.0 Å². The van der Waals surface area contributed by atoms with Gasteiger partial charge in [0, 0.05) is 42.2 Å². The summed E-state index contributed by atoms with van der Waals surface area (Å²) in [5, 5.41) is 6.98. The molecule has 1 aromatic carbocycles. The standard InChI is InChI=1S/C23H27N5O/c1-29-21-12-6-5-8-18(21)16-25-22-14-20(17-9-7-13-24-15-17)27-23(28-22)26-19-10-3-2-4-11-19/h5-9,12-15,19H,2-4,10-11,16H2,1H3,(H2,25,26,27,28). The molecule has 4 rings (SSSR count). The Morgan fingerprint density at radius 2 is 1.90 bits per heavy atom. The zero-order valence-electron chi connectivity index (χ0n) is 16.8. The van der Waals surface area contributed by atoms with E-state index in [1.165, 1.54) is 32.1 Å². The second kappa shape index (κ2) is 9.37. The number of rotatable bonds is 7. The number of aromatic nitrogens is 3. The van der Waals surface area contributed by atoms with Crippen LogP contribution in [0.5, 0.6) is 5.75 Å². The quantitative estimate of drug-likeness (QED) is 0.599. The lowest BCUT2D eigenvalue weighted by Crippen LogP contribution is -2.23. The first-order valence-electron chi connectivity index (χ1n) is 10.2. The number of anilines is 2. The Morgan fingerprint density at radius 3 is 2.69 bits per heavy atom. The predicted octanol–water partition coefficient (Wildman–Crippen LogP) is 4.90. The van der Waals surface area contributed by atoms with Crippen LogP contribution in [0.4, 0.5) is 11.8 Å². The first kappa shape index (κ1) is 19.2. The number of nitrogens with zero attached hydrogens (tertiary/aromatic N) is 3. The normalized spacial score (nSPS) is 14.4.